The van der Waals surface area contributed by atoms with Crippen molar-refractivity contribution in [3.63, 3.8) is 0 Å². The minimum absolute atomic E-state index is 0.0627. The van der Waals surface area contributed by atoms with Crippen LogP contribution < -0.4 is 10.1 Å². The number of benzene rings is 2. The minimum atomic E-state index is -0.277. The molecule has 0 aliphatic carbocycles. The van der Waals surface area contributed by atoms with Crippen LogP contribution in [0.3, 0.4) is 0 Å². The van der Waals surface area contributed by atoms with Gasteiger partial charge in [0.05, 0.1) is 17.2 Å². The average molecular weight is 408 g/mol. The average Bonchev–Trinajstić information content (AvgIpc) is 2.97. The largest absolute Gasteiger partial charge is 0.491 e. The number of aryl methyl sites for hydroxylation is 1. The molecule has 1 N–H and O–H groups in total. The van der Waals surface area contributed by atoms with Crippen molar-refractivity contribution in [1.82, 2.24) is 10.2 Å². The van der Waals surface area contributed by atoms with Gasteiger partial charge < -0.3 is 10.1 Å². The Labute approximate surface area is 177 Å². The van der Waals surface area contributed by atoms with Gasteiger partial charge in [0.25, 0.3) is 11.8 Å². The van der Waals surface area contributed by atoms with Gasteiger partial charge in [-0.1, -0.05) is 24.3 Å². The number of carbonyl (C=O) groups is 3. The SMILES string of the molecule is CC(C)Oc1ccc(CCCNC(=O)CCCN2C(=O)c3ccccc3C2=O)cc1. The molecule has 2 aromatic rings. The fourth-order valence-corrected chi connectivity index (χ4v) is 3.46. The molecule has 0 radical (unpaired) electrons. The number of hydrogen-bond acceptors (Lipinski definition) is 4. The monoisotopic (exact) mass is 408 g/mol. The maximum absolute atomic E-state index is 12.3. The molecule has 0 fully saturated rings. The third kappa shape index (κ3) is 5.47. The Kier molecular flexibility index (Phi) is 7.22. The summed E-state index contributed by atoms with van der Waals surface area (Å²) in [5.41, 5.74) is 2.08. The molecule has 3 rings (SSSR count). The fourth-order valence-electron chi connectivity index (χ4n) is 3.46. The lowest BCUT2D eigenvalue weighted by Gasteiger charge is -2.13. The summed E-state index contributed by atoms with van der Waals surface area (Å²) in [7, 11) is 0. The molecule has 3 amide bonds. The van der Waals surface area contributed by atoms with E-state index in [1.54, 1.807) is 24.3 Å². The van der Waals surface area contributed by atoms with E-state index < -0.39 is 0 Å². The van der Waals surface area contributed by atoms with Crippen molar-refractivity contribution >= 4 is 17.7 Å². The second-order valence-corrected chi connectivity index (χ2v) is 7.68. The van der Waals surface area contributed by atoms with Gasteiger partial charge in [-0.3, -0.25) is 19.3 Å². The quantitative estimate of drug-likeness (QED) is 0.481. The van der Waals surface area contributed by atoms with Gasteiger partial charge >= 0.3 is 0 Å². The molecule has 1 aliphatic heterocycles. The van der Waals surface area contributed by atoms with Crippen molar-refractivity contribution in [2.45, 2.75) is 45.6 Å². The van der Waals surface area contributed by atoms with E-state index in [0.717, 1.165) is 18.6 Å². The summed E-state index contributed by atoms with van der Waals surface area (Å²) in [6.45, 7) is 4.84. The zero-order valence-electron chi connectivity index (χ0n) is 17.5. The van der Waals surface area contributed by atoms with E-state index in [1.807, 2.05) is 38.1 Å². The molecule has 0 unspecified atom stereocenters. The normalized spacial score (nSPS) is 13.0. The van der Waals surface area contributed by atoms with Crippen LogP contribution in [0.4, 0.5) is 0 Å². The Morgan fingerprint density at radius 2 is 1.60 bits per heavy atom. The molecule has 158 valence electrons. The van der Waals surface area contributed by atoms with E-state index >= 15 is 0 Å². The maximum Gasteiger partial charge on any atom is 0.261 e. The third-order valence-corrected chi connectivity index (χ3v) is 4.92. The second kappa shape index (κ2) is 10.1. The van der Waals surface area contributed by atoms with Gasteiger partial charge in [-0.05, 0) is 62.9 Å². The van der Waals surface area contributed by atoms with Crippen LogP contribution in [0.5, 0.6) is 5.75 Å². The van der Waals surface area contributed by atoms with E-state index in [2.05, 4.69) is 5.32 Å². The topological polar surface area (TPSA) is 75.7 Å². The first kappa shape index (κ1) is 21.6. The highest BCUT2D eigenvalue weighted by atomic mass is 16.5. The van der Waals surface area contributed by atoms with Crippen LogP contribution in [-0.2, 0) is 11.2 Å². The zero-order valence-corrected chi connectivity index (χ0v) is 17.5. The number of nitrogens with one attached hydrogen (secondary N) is 1. The third-order valence-electron chi connectivity index (χ3n) is 4.92. The van der Waals surface area contributed by atoms with Gasteiger partial charge in [0.15, 0.2) is 0 Å². The highest BCUT2D eigenvalue weighted by Gasteiger charge is 2.34. The standard InChI is InChI=1S/C24H28N2O4/c1-17(2)30-19-13-11-18(12-14-19)7-5-15-25-22(27)10-6-16-26-23(28)20-8-3-4-9-21(20)24(26)29/h3-4,8-9,11-14,17H,5-7,10,15-16H2,1-2H3,(H,25,27). The first-order valence-corrected chi connectivity index (χ1v) is 10.4. The van der Waals surface area contributed by atoms with Gasteiger partial charge in [-0.15, -0.1) is 0 Å². The first-order chi connectivity index (χ1) is 14.5. The minimum Gasteiger partial charge on any atom is -0.491 e. The van der Waals surface area contributed by atoms with Crippen LogP contribution in [0.25, 0.3) is 0 Å². The van der Waals surface area contributed by atoms with Gasteiger partial charge in [0, 0.05) is 19.5 Å². The van der Waals surface area contributed by atoms with Crippen molar-refractivity contribution in [3.8, 4) is 5.75 Å². The molecule has 30 heavy (non-hydrogen) atoms. The summed E-state index contributed by atoms with van der Waals surface area (Å²) in [5, 5.41) is 2.90. The molecular formula is C24H28N2O4. The molecule has 0 atom stereocenters. The highest BCUT2D eigenvalue weighted by molar-refractivity contribution is 6.21. The smallest absolute Gasteiger partial charge is 0.261 e. The van der Waals surface area contributed by atoms with Crippen molar-refractivity contribution in [2.75, 3.05) is 13.1 Å². The van der Waals surface area contributed by atoms with E-state index in [9.17, 15) is 14.4 Å². The number of nitrogens with zero attached hydrogens (tertiary/aromatic N) is 1. The maximum atomic E-state index is 12.3. The Morgan fingerprint density at radius 1 is 0.967 bits per heavy atom. The molecule has 6 heteroatoms. The lowest BCUT2D eigenvalue weighted by atomic mass is 10.1. The molecule has 2 aromatic carbocycles. The second-order valence-electron chi connectivity index (χ2n) is 7.68. The Hall–Kier alpha value is -3.15. The molecular weight excluding hydrogens is 380 g/mol. The Morgan fingerprint density at radius 3 is 2.20 bits per heavy atom. The van der Waals surface area contributed by atoms with E-state index in [0.29, 0.717) is 24.1 Å². The molecule has 0 aromatic heterocycles. The molecule has 1 aliphatic rings. The van der Waals surface area contributed by atoms with E-state index in [1.165, 1.54) is 10.5 Å². The van der Waals surface area contributed by atoms with Crippen molar-refractivity contribution in [1.29, 1.82) is 0 Å². The van der Waals surface area contributed by atoms with Gasteiger partial charge in [0.2, 0.25) is 5.91 Å². The van der Waals surface area contributed by atoms with E-state index in [-0.39, 0.29) is 36.8 Å². The summed E-state index contributed by atoms with van der Waals surface area (Å²) >= 11 is 0. The van der Waals surface area contributed by atoms with Crippen LogP contribution in [-0.4, -0.2) is 41.8 Å². The fraction of sp³-hybridized carbons (Fsp3) is 0.375. The lowest BCUT2D eigenvalue weighted by Crippen LogP contribution is -2.32. The zero-order chi connectivity index (χ0) is 21.5. The number of ether oxygens (including phenoxy) is 1. The van der Waals surface area contributed by atoms with Crippen molar-refractivity contribution < 1.29 is 19.1 Å². The molecule has 6 nitrogen and oxygen atoms in total. The predicted octanol–water partition coefficient (Wildman–Crippen LogP) is 3.60. The molecule has 0 saturated heterocycles. The Bertz CT molecular complexity index is 871. The molecule has 0 saturated carbocycles. The summed E-state index contributed by atoms with van der Waals surface area (Å²) in [4.78, 5) is 37.9. The lowest BCUT2D eigenvalue weighted by molar-refractivity contribution is -0.121. The number of hydrogen-bond donors (Lipinski definition) is 1. The summed E-state index contributed by atoms with van der Waals surface area (Å²) < 4.78 is 5.63. The highest BCUT2D eigenvalue weighted by Crippen LogP contribution is 2.22. The number of carbonyl (C=O) groups excluding carboxylic acids is 3. The first-order valence-electron chi connectivity index (χ1n) is 10.4. The number of fused-ring (bicyclic) bond motifs is 1. The summed E-state index contributed by atoms with van der Waals surface area (Å²) in [5.74, 6) is 0.244. The summed E-state index contributed by atoms with van der Waals surface area (Å²) in [6, 6.07) is 14.8. The van der Waals surface area contributed by atoms with Crippen LogP contribution >= 0.6 is 0 Å². The van der Waals surface area contributed by atoms with Crippen LogP contribution in [0.15, 0.2) is 48.5 Å². The van der Waals surface area contributed by atoms with Crippen LogP contribution in [0, 0.1) is 0 Å². The summed E-state index contributed by atoms with van der Waals surface area (Å²) in [6.07, 6.45) is 2.61. The van der Waals surface area contributed by atoms with E-state index in [4.69, 9.17) is 4.74 Å². The number of imide groups is 1. The Balaban J connectivity index is 1.32. The van der Waals surface area contributed by atoms with Crippen LogP contribution in [0.1, 0.15) is 59.4 Å². The number of rotatable bonds is 10. The van der Waals surface area contributed by atoms with Gasteiger partial charge in [-0.2, -0.15) is 0 Å². The molecule has 0 bridgehead atoms. The van der Waals surface area contributed by atoms with Crippen molar-refractivity contribution in [2.24, 2.45) is 0 Å². The number of amides is 3. The van der Waals surface area contributed by atoms with Gasteiger partial charge in [-0.25, -0.2) is 0 Å². The molecule has 0 spiro atoms. The van der Waals surface area contributed by atoms with Crippen molar-refractivity contribution in [3.05, 3.63) is 65.2 Å². The molecule has 1 heterocycles. The van der Waals surface area contributed by atoms with Crippen LogP contribution in [0.2, 0.25) is 0 Å². The predicted molar refractivity (Wildman–Crippen MR) is 115 cm³/mol. The van der Waals surface area contributed by atoms with Gasteiger partial charge in [0.1, 0.15) is 5.75 Å².